The molecule has 1 aromatic heterocycles. The molecule has 0 aliphatic rings. The van der Waals surface area contributed by atoms with Crippen molar-refractivity contribution in [3.05, 3.63) is 54.0 Å². The molecule has 5 nitrogen and oxygen atoms in total. The molecule has 0 aliphatic heterocycles. The van der Waals surface area contributed by atoms with E-state index < -0.39 is 12.1 Å². The molecule has 0 radical (unpaired) electrons. The predicted molar refractivity (Wildman–Crippen MR) is 97.5 cm³/mol. The van der Waals surface area contributed by atoms with Crippen LogP contribution >= 0.6 is 11.8 Å². The summed E-state index contributed by atoms with van der Waals surface area (Å²) in [6.07, 6.45) is 0.751. The van der Waals surface area contributed by atoms with E-state index in [0.717, 1.165) is 10.7 Å². The summed E-state index contributed by atoms with van der Waals surface area (Å²) < 4.78 is 10.6. The molecule has 25 heavy (non-hydrogen) atoms. The Morgan fingerprint density at radius 3 is 2.56 bits per heavy atom. The fourth-order valence-corrected chi connectivity index (χ4v) is 3.00. The normalized spacial score (nSPS) is 12.5. The summed E-state index contributed by atoms with van der Waals surface area (Å²) in [6.45, 7) is 7.19. The van der Waals surface area contributed by atoms with Gasteiger partial charge in [-0.25, -0.2) is 4.79 Å². The number of hydrogen-bond acceptors (Lipinski definition) is 5. The van der Waals surface area contributed by atoms with Crippen molar-refractivity contribution in [3.8, 4) is 0 Å². The van der Waals surface area contributed by atoms with Crippen molar-refractivity contribution in [2.24, 2.45) is 0 Å². The fourth-order valence-electron chi connectivity index (χ4n) is 2.05. The minimum atomic E-state index is -0.866. The lowest BCUT2D eigenvalue weighted by Gasteiger charge is -2.23. The number of amides is 1. The molecular formula is C19H23NO4S. The molecule has 1 aromatic carbocycles. The van der Waals surface area contributed by atoms with Crippen LogP contribution in [0.2, 0.25) is 0 Å². The first-order chi connectivity index (χ1) is 11.8. The Kier molecular flexibility index (Phi) is 6.31. The molecule has 0 bridgehead atoms. The molecular weight excluding hydrogens is 338 g/mol. The molecule has 0 saturated heterocycles. The van der Waals surface area contributed by atoms with Crippen molar-refractivity contribution in [3.63, 3.8) is 0 Å². The Morgan fingerprint density at radius 1 is 1.20 bits per heavy atom. The van der Waals surface area contributed by atoms with Crippen molar-refractivity contribution in [1.82, 2.24) is 5.32 Å². The van der Waals surface area contributed by atoms with Crippen molar-refractivity contribution < 1.29 is 18.7 Å². The van der Waals surface area contributed by atoms with Gasteiger partial charge in [-0.05, 0) is 52.0 Å². The van der Waals surface area contributed by atoms with Gasteiger partial charge in [0.1, 0.15) is 5.76 Å². The van der Waals surface area contributed by atoms with E-state index in [9.17, 15) is 9.59 Å². The first kappa shape index (κ1) is 19.1. The van der Waals surface area contributed by atoms with Gasteiger partial charge in [-0.15, -0.1) is 11.8 Å². The van der Waals surface area contributed by atoms with Gasteiger partial charge in [0.2, 0.25) is 0 Å². The van der Waals surface area contributed by atoms with Gasteiger partial charge in [0.05, 0.1) is 17.6 Å². The van der Waals surface area contributed by atoms with E-state index in [1.165, 1.54) is 11.8 Å². The molecule has 1 atom stereocenters. The number of rotatable bonds is 6. The standard InChI is InChI=1S/C19H23NO4S/c1-13(17(21)20-19(2,3)4)24-18(22)15-9-5-6-10-16(15)25-12-14-8-7-11-23-14/h5-11,13H,12H2,1-4H3,(H,20,21). The van der Waals surface area contributed by atoms with Gasteiger partial charge in [0.25, 0.3) is 5.91 Å². The Morgan fingerprint density at radius 2 is 1.92 bits per heavy atom. The van der Waals surface area contributed by atoms with Gasteiger partial charge in [-0.2, -0.15) is 0 Å². The number of thioether (sulfide) groups is 1. The smallest absolute Gasteiger partial charge is 0.340 e. The molecule has 0 fully saturated rings. The molecule has 2 aromatic rings. The predicted octanol–water partition coefficient (Wildman–Crippen LogP) is 4.03. The largest absolute Gasteiger partial charge is 0.468 e. The Hall–Kier alpha value is -2.21. The number of hydrogen-bond donors (Lipinski definition) is 1. The first-order valence-corrected chi connectivity index (χ1v) is 9.02. The van der Waals surface area contributed by atoms with Crippen LogP contribution < -0.4 is 5.32 Å². The molecule has 0 spiro atoms. The summed E-state index contributed by atoms with van der Waals surface area (Å²) in [4.78, 5) is 25.3. The quantitative estimate of drug-likeness (QED) is 0.621. The monoisotopic (exact) mass is 361 g/mol. The fraction of sp³-hybridized carbons (Fsp3) is 0.368. The molecule has 1 unspecified atom stereocenters. The number of furan rings is 1. The maximum absolute atomic E-state index is 12.5. The second-order valence-corrected chi connectivity index (χ2v) is 7.67. The summed E-state index contributed by atoms with van der Waals surface area (Å²) in [6, 6.07) is 10.9. The second-order valence-electron chi connectivity index (χ2n) is 6.65. The summed E-state index contributed by atoms with van der Waals surface area (Å²) in [7, 11) is 0. The van der Waals surface area contributed by atoms with Crippen LogP contribution in [-0.2, 0) is 15.3 Å². The molecule has 0 saturated carbocycles. The lowest BCUT2D eigenvalue weighted by Crippen LogP contribution is -2.46. The molecule has 2 rings (SSSR count). The van der Waals surface area contributed by atoms with Crippen molar-refractivity contribution in [1.29, 1.82) is 0 Å². The average molecular weight is 361 g/mol. The summed E-state index contributed by atoms with van der Waals surface area (Å²) in [5.41, 5.74) is 0.0589. The lowest BCUT2D eigenvalue weighted by atomic mass is 10.1. The molecule has 1 N–H and O–H groups in total. The van der Waals surface area contributed by atoms with E-state index in [4.69, 9.17) is 9.15 Å². The van der Waals surface area contributed by atoms with Crippen molar-refractivity contribution in [2.45, 2.75) is 50.0 Å². The van der Waals surface area contributed by atoms with E-state index in [-0.39, 0.29) is 11.4 Å². The minimum Gasteiger partial charge on any atom is -0.468 e. The van der Waals surface area contributed by atoms with Crippen LogP contribution in [0, 0.1) is 0 Å². The highest BCUT2D eigenvalue weighted by Gasteiger charge is 2.24. The Bertz CT molecular complexity index is 719. The SMILES string of the molecule is CC(OC(=O)c1ccccc1SCc1ccco1)C(=O)NC(C)(C)C. The van der Waals surface area contributed by atoms with Gasteiger partial charge >= 0.3 is 5.97 Å². The zero-order chi connectivity index (χ0) is 18.4. The third-order valence-electron chi connectivity index (χ3n) is 3.21. The van der Waals surface area contributed by atoms with E-state index in [1.807, 2.05) is 45.0 Å². The van der Waals surface area contributed by atoms with Gasteiger partial charge < -0.3 is 14.5 Å². The highest BCUT2D eigenvalue weighted by Crippen LogP contribution is 2.27. The topological polar surface area (TPSA) is 68.5 Å². The Labute approximate surface area is 152 Å². The van der Waals surface area contributed by atoms with Crippen molar-refractivity contribution >= 4 is 23.6 Å². The highest BCUT2D eigenvalue weighted by atomic mass is 32.2. The van der Waals surface area contributed by atoms with Gasteiger partial charge in [-0.3, -0.25) is 4.79 Å². The van der Waals surface area contributed by atoms with E-state index in [2.05, 4.69) is 5.32 Å². The second kappa shape index (κ2) is 8.25. The lowest BCUT2D eigenvalue weighted by molar-refractivity contribution is -0.130. The third-order valence-corrected chi connectivity index (χ3v) is 4.30. The van der Waals surface area contributed by atoms with E-state index in [0.29, 0.717) is 11.3 Å². The van der Waals surface area contributed by atoms with Crippen LogP contribution in [0.3, 0.4) is 0 Å². The maximum Gasteiger partial charge on any atom is 0.340 e. The van der Waals surface area contributed by atoms with Crippen LogP contribution in [-0.4, -0.2) is 23.5 Å². The molecule has 0 aliphatic carbocycles. The minimum absolute atomic E-state index is 0.318. The maximum atomic E-state index is 12.5. The number of carbonyl (C=O) groups is 2. The molecule has 1 heterocycles. The summed E-state index contributed by atoms with van der Waals surface area (Å²) in [5, 5.41) is 2.80. The molecule has 1 amide bonds. The number of nitrogens with one attached hydrogen (secondary N) is 1. The van der Waals surface area contributed by atoms with Crippen molar-refractivity contribution in [2.75, 3.05) is 0 Å². The van der Waals surface area contributed by atoms with Gasteiger partial charge in [-0.1, -0.05) is 12.1 Å². The van der Waals surface area contributed by atoms with Gasteiger partial charge in [0.15, 0.2) is 6.10 Å². The highest BCUT2D eigenvalue weighted by molar-refractivity contribution is 7.98. The zero-order valence-electron chi connectivity index (χ0n) is 14.9. The van der Waals surface area contributed by atoms with Crippen LogP contribution in [0.15, 0.2) is 52.0 Å². The summed E-state index contributed by atoms with van der Waals surface area (Å²) in [5.74, 6) is 0.601. The molecule has 6 heteroatoms. The third kappa shape index (κ3) is 5.98. The number of carbonyl (C=O) groups excluding carboxylic acids is 2. The van der Waals surface area contributed by atoms with Gasteiger partial charge in [0, 0.05) is 10.4 Å². The number of benzene rings is 1. The molecule has 134 valence electrons. The van der Waals surface area contributed by atoms with E-state index in [1.54, 1.807) is 25.3 Å². The number of esters is 1. The average Bonchev–Trinajstić information content (AvgIpc) is 3.05. The summed E-state index contributed by atoms with van der Waals surface area (Å²) >= 11 is 1.48. The van der Waals surface area contributed by atoms with Crippen LogP contribution in [0.5, 0.6) is 0 Å². The van der Waals surface area contributed by atoms with Crippen LogP contribution in [0.25, 0.3) is 0 Å². The van der Waals surface area contributed by atoms with Crippen LogP contribution in [0.1, 0.15) is 43.8 Å². The van der Waals surface area contributed by atoms with E-state index >= 15 is 0 Å². The Balaban J connectivity index is 2.02. The zero-order valence-corrected chi connectivity index (χ0v) is 15.7. The first-order valence-electron chi connectivity index (χ1n) is 8.03. The number of ether oxygens (including phenoxy) is 1. The van der Waals surface area contributed by atoms with Crippen LogP contribution in [0.4, 0.5) is 0 Å².